The van der Waals surface area contributed by atoms with Gasteiger partial charge in [0.05, 0.1) is 25.0 Å². The van der Waals surface area contributed by atoms with Gasteiger partial charge in [0.2, 0.25) is 0 Å². The molecule has 126 valence electrons. The second kappa shape index (κ2) is 8.19. The Bertz CT molecular complexity index is 793. The number of thioether (sulfide) groups is 1. The Balaban J connectivity index is 3.50. The number of hydrogen-bond acceptors (Lipinski definition) is 5. The summed E-state index contributed by atoms with van der Waals surface area (Å²) in [5, 5.41) is 15.8. The number of hydrogen-bond donors (Lipinski definition) is 1. The molecule has 0 aliphatic carbocycles. The minimum absolute atomic E-state index is 0.127. The quantitative estimate of drug-likeness (QED) is 0.293. The zero-order valence-electron chi connectivity index (χ0n) is 11.1. The third-order valence-electron chi connectivity index (χ3n) is 2.28. The summed E-state index contributed by atoms with van der Waals surface area (Å²) in [6.45, 7) is 0. The SMILES string of the molecule is N#CC(N)=C(C#N)N=Cc1c(Cl)c(Cl)c(SC(F)(F)F)c(Cl)c1Cl. The Morgan fingerprint density at radius 2 is 1.54 bits per heavy atom. The number of rotatable bonds is 3. The van der Waals surface area contributed by atoms with Crippen LogP contribution >= 0.6 is 58.2 Å². The number of nitrogens with zero attached hydrogens (tertiary/aromatic N) is 3. The first-order chi connectivity index (χ1) is 11.0. The van der Waals surface area contributed by atoms with Gasteiger partial charge in [-0.05, 0) is 11.8 Å². The molecule has 12 heteroatoms. The van der Waals surface area contributed by atoms with Crippen LogP contribution in [-0.2, 0) is 0 Å². The molecule has 0 bridgehead atoms. The molecule has 2 N–H and O–H groups in total. The molecule has 4 nitrogen and oxygen atoms in total. The molecule has 0 fully saturated rings. The lowest BCUT2D eigenvalue weighted by atomic mass is 10.2. The van der Waals surface area contributed by atoms with Crippen LogP contribution in [0.15, 0.2) is 21.3 Å². The largest absolute Gasteiger partial charge is 0.446 e. The fraction of sp³-hybridized carbons (Fsp3) is 0.0833. The van der Waals surface area contributed by atoms with Crippen LogP contribution in [0.2, 0.25) is 20.1 Å². The minimum Gasteiger partial charge on any atom is -0.388 e. The smallest absolute Gasteiger partial charge is 0.388 e. The van der Waals surface area contributed by atoms with E-state index in [0.29, 0.717) is 0 Å². The lowest BCUT2D eigenvalue weighted by Crippen LogP contribution is -2.02. The lowest BCUT2D eigenvalue weighted by molar-refractivity contribution is -0.0328. The molecule has 0 atom stereocenters. The van der Waals surface area contributed by atoms with Crippen LogP contribution in [0.5, 0.6) is 0 Å². The monoisotopic (exact) mass is 432 g/mol. The third kappa shape index (κ3) is 4.85. The average Bonchev–Trinajstić information content (AvgIpc) is 2.51. The molecule has 1 aromatic rings. The lowest BCUT2D eigenvalue weighted by Gasteiger charge is -2.14. The first-order valence-corrected chi connectivity index (χ1v) is 7.82. The van der Waals surface area contributed by atoms with Crippen molar-refractivity contribution >= 4 is 64.4 Å². The maximum absolute atomic E-state index is 12.5. The molecule has 0 amide bonds. The average molecular weight is 434 g/mol. The predicted molar refractivity (Wildman–Crippen MR) is 88.4 cm³/mol. The van der Waals surface area contributed by atoms with Gasteiger partial charge in [0.1, 0.15) is 17.8 Å². The highest BCUT2D eigenvalue weighted by atomic mass is 35.5. The summed E-state index contributed by atoms with van der Waals surface area (Å²) in [6.07, 6.45) is 0.924. The maximum atomic E-state index is 12.5. The standard InChI is InChI=1S/C12H3Cl4F3N4S/c13-7-4(3-23-6(2-21)5(22)1-20)8(14)10(16)11(9(7)15)24-12(17,18)19/h3H,22H2. The summed E-state index contributed by atoms with van der Waals surface area (Å²) in [5.41, 5.74) is -0.438. The van der Waals surface area contributed by atoms with Crippen molar-refractivity contribution in [1.29, 1.82) is 10.5 Å². The van der Waals surface area contributed by atoms with Crippen molar-refractivity contribution in [3.05, 3.63) is 37.0 Å². The van der Waals surface area contributed by atoms with Crippen molar-refractivity contribution in [2.45, 2.75) is 10.4 Å². The molecular formula is C12H3Cl4F3N4S. The van der Waals surface area contributed by atoms with Gasteiger partial charge in [-0.3, -0.25) is 0 Å². The summed E-state index contributed by atoms with van der Waals surface area (Å²) in [6, 6.07) is 3.08. The molecule has 0 radical (unpaired) electrons. The fourth-order valence-electron chi connectivity index (χ4n) is 1.29. The van der Waals surface area contributed by atoms with Crippen molar-refractivity contribution in [2.75, 3.05) is 0 Å². The van der Waals surface area contributed by atoms with Gasteiger partial charge < -0.3 is 5.73 Å². The summed E-state index contributed by atoms with van der Waals surface area (Å²) < 4.78 is 37.6. The van der Waals surface area contributed by atoms with E-state index in [1.165, 1.54) is 6.07 Å². The molecular weight excluding hydrogens is 431 g/mol. The molecule has 0 spiro atoms. The molecule has 0 unspecified atom stereocenters. The van der Waals surface area contributed by atoms with Crippen molar-refractivity contribution in [3.8, 4) is 12.1 Å². The van der Waals surface area contributed by atoms with E-state index in [-0.39, 0.29) is 15.6 Å². The van der Waals surface area contributed by atoms with Crippen LogP contribution in [0, 0.1) is 22.7 Å². The van der Waals surface area contributed by atoms with Crippen LogP contribution in [0.4, 0.5) is 13.2 Å². The van der Waals surface area contributed by atoms with Crippen LogP contribution < -0.4 is 5.73 Å². The van der Waals surface area contributed by atoms with E-state index < -0.39 is 43.6 Å². The minimum atomic E-state index is -4.66. The zero-order valence-corrected chi connectivity index (χ0v) is 14.9. The van der Waals surface area contributed by atoms with Gasteiger partial charge in [-0.15, -0.1) is 0 Å². The highest BCUT2D eigenvalue weighted by molar-refractivity contribution is 8.00. The van der Waals surface area contributed by atoms with E-state index >= 15 is 0 Å². The topological polar surface area (TPSA) is 86.0 Å². The Morgan fingerprint density at radius 3 is 1.92 bits per heavy atom. The summed E-state index contributed by atoms with van der Waals surface area (Å²) >= 11 is 22.8. The van der Waals surface area contributed by atoms with Crippen LogP contribution in [0.1, 0.15) is 5.56 Å². The first kappa shape index (κ1) is 20.8. The molecule has 0 aliphatic rings. The number of nitriles is 2. The molecule has 0 saturated carbocycles. The fourth-order valence-corrected chi connectivity index (χ4v) is 3.21. The third-order valence-corrected chi connectivity index (χ3v) is 5.08. The van der Waals surface area contributed by atoms with E-state index in [0.717, 1.165) is 6.21 Å². The molecule has 1 rings (SSSR count). The van der Waals surface area contributed by atoms with Gasteiger partial charge >= 0.3 is 5.51 Å². The van der Waals surface area contributed by atoms with Gasteiger partial charge in [-0.1, -0.05) is 46.4 Å². The molecule has 0 aliphatic heterocycles. The van der Waals surface area contributed by atoms with E-state index in [2.05, 4.69) is 4.99 Å². The Morgan fingerprint density at radius 1 is 1.04 bits per heavy atom. The number of nitrogens with two attached hydrogens (primary N) is 1. The first-order valence-electron chi connectivity index (χ1n) is 5.49. The maximum Gasteiger partial charge on any atom is 0.446 e. The number of alkyl halides is 3. The number of halogens is 7. The predicted octanol–water partition coefficient (Wildman–Crippen LogP) is 5.55. The van der Waals surface area contributed by atoms with Crippen molar-refractivity contribution < 1.29 is 13.2 Å². The van der Waals surface area contributed by atoms with Crippen LogP contribution in [0.25, 0.3) is 0 Å². The van der Waals surface area contributed by atoms with Gasteiger partial charge in [-0.2, -0.15) is 23.7 Å². The Labute approximate surface area is 158 Å². The second-order valence-electron chi connectivity index (χ2n) is 3.79. The highest BCUT2D eigenvalue weighted by Gasteiger charge is 2.33. The molecule has 0 aromatic heterocycles. The Kier molecular flexibility index (Phi) is 7.09. The number of allylic oxidation sites excluding steroid dienone is 2. The molecule has 24 heavy (non-hydrogen) atoms. The second-order valence-corrected chi connectivity index (χ2v) is 6.38. The van der Waals surface area contributed by atoms with E-state index in [4.69, 9.17) is 62.7 Å². The number of benzene rings is 1. The van der Waals surface area contributed by atoms with Crippen molar-refractivity contribution in [1.82, 2.24) is 0 Å². The normalized spacial score (nSPS) is 12.7. The molecule has 0 heterocycles. The zero-order chi connectivity index (χ0) is 18.7. The highest BCUT2D eigenvalue weighted by Crippen LogP contribution is 2.49. The molecule has 1 aromatic carbocycles. The molecule has 0 saturated heterocycles. The van der Waals surface area contributed by atoms with Crippen LogP contribution in [-0.4, -0.2) is 11.7 Å². The summed E-state index contributed by atoms with van der Waals surface area (Å²) in [4.78, 5) is 3.06. The van der Waals surface area contributed by atoms with E-state index in [1.54, 1.807) is 6.07 Å². The van der Waals surface area contributed by atoms with Crippen LogP contribution in [0.3, 0.4) is 0 Å². The Hall–Kier alpha value is -1.29. The van der Waals surface area contributed by atoms with Crippen molar-refractivity contribution in [3.63, 3.8) is 0 Å². The van der Waals surface area contributed by atoms with Crippen molar-refractivity contribution in [2.24, 2.45) is 10.7 Å². The van der Waals surface area contributed by atoms with E-state index in [9.17, 15) is 13.2 Å². The summed E-state index contributed by atoms with van der Waals surface area (Å²) in [7, 11) is 0. The number of aliphatic imine (C=N–C) groups is 1. The van der Waals surface area contributed by atoms with Gasteiger partial charge in [0.25, 0.3) is 0 Å². The van der Waals surface area contributed by atoms with E-state index in [1.807, 2.05) is 0 Å². The summed E-state index contributed by atoms with van der Waals surface area (Å²) in [5.74, 6) is 0. The van der Waals surface area contributed by atoms with Gasteiger partial charge in [0, 0.05) is 11.8 Å². The van der Waals surface area contributed by atoms with Gasteiger partial charge in [-0.25, -0.2) is 4.99 Å². The van der Waals surface area contributed by atoms with Gasteiger partial charge in [0.15, 0.2) is 5.70 Å².